The molecule has 3 rings (SSSR count). The molecule has 0 aliphatic carbocycles. The number of halogens is 1. The van der Waals surface area contributed by atoms with E-state index in [-0.39, 0.29) is 24.0 Å². The van der Waals surface area contributed by atoms with Crippen molar-refractivity contribution in [3.8, 4) is 0 Å². The minimum absolute atomic E-state index is 0. The lowest BCUT2D eigenvalue weighted by Gasteiger charge is -2.14. The lowest BCUT2D eigenvalue weighted by Crippen LogP contribution is -2.37. The molecule has 0 aliphatic rings. The number of hydrogen-bond acceptors (Lipinski definition) is 3. The first-order valence-electron chi connectivity index (χ1n) is 9.21. The van der Waals surface area contributed by atoms with Gasteiger partial charge in [-0.25, -0.2) is 0 Å². The van der Waals surface area contributed by atoms with E-state index in [2.05, 4.69) is 56.3 Å². The fourth-order valence-corrected chi connectivity index (χ4v) is 2.95. The van der Waals surface area contributed by atoms with Gasteiger partial charge in [-0.3, -0.25) is 14.4 Å². The van der Waals surface area contributed by atoms with Gasteiger partial charge in [-0.15, -0.1) is 24.0 Å². The van der Waals surface area contributed by atoms with Gasteiger partial charge in [0.25, 0.3) is 0 Å². The summed E-state index contributed by atoms with van der Waals surface area (Å²) in [6.45, 7) is 2.35. The Bertz CT molecular complexity index is 855. The summed E-state index contributed by atoms with van der Waals surface area (Å²) < 4.78 is 3.77. The molecule has 150 valence electrons. The topological polar surface area (TPSA) is 72.1 Å². The standard InChI is InChI=1S/C20H27N7.HI/c1-21-20(22-10-5-7-17-13-25-26(2)15-17)23-14-18-8-3-4-9-19(18)16-27-12-6-11-24-27;/h3-4,6,8-9,11-13,15H,5,7,10,14,16H2,1-2H3,(H2,21,22,23);1H. The second-order valence-corrected chi connectivity index (χ2v) is 6.45. The van der Waals surface area contributed by atoms with E-state index in [1.165, 1.54) is 16.7 Å². The number of aryl methyl sites for hydroxylation is 2. The molecule has 2 N–H and O–H groups in total. The third-order valence-electron chi connectivity index (χ3n) is 4.37. The van der Waals surface area contributed by atoms with Crippen LogP contribution in [0.1, 0.15) is 23.1 Å². The lowest BCUT2D eigenvalue weighted by atomic mass is 10.1. The van der Waals surface area contributed by atoms with Crippen LogP contribution < -0.4 is 10.6 Å². The summed E-state index contributed by atoms with van der Waals surface area (Å²) >= 11 is 0. The van der Waals surface area contributed by atoms with E-state index in [9.17, 15) is 0 Å². The normalized spacial score (nSPS) is 11.1. The monoisotopic (exact) mass is 493 g/mol. The van der Waals surface area contributed by atoms with Crippen LogP contribution >= 0.6 is 24.0 Å². The Morgan fingerprint density at radius 1 is 1.11 bits per heavy atom. The third kappa shape index (κ3) is 6.66. The summed E-state index contributed by atoms with van der Waals surface area (Å²) in [7, 11) is 3.74. The smallest absolute Gasteiger partial charge is 0.191 e. The molecular formula is C20H28IN7. The number of nitrogens with zero attached hydrogens (tertiary/aromatic N) is 5. The largest absolute Gasteiger partial charge is 0.356 e. The number of hydrogen-bond donors (Lipinski definition) is 2. The molecule has 1 aromatic carbocycles. The second-order valence-electron chi connectivity index (χ2n) is 6.45. The van der Waals surface area contributed by atoms with Crippen molar-refractivity contribution >= 4 is 29.9 Å². The van der Waals surface area contributed by atoms with Crippen molar-refractivity contribution in [2.45, 2.75) is 25.9 Å². The maximum absolute atomic E-state index is 4.32. The van der Waals surface area contributed by atoms with Crippen LogP contribution in [-0.4, -0.2) is 39.1 Å². The SMILES string of the molecule is CN=C(NCCCc1cnn(C)c1)NCc1ccccc1Cn1cccn1.I. The quantitative estimate of drug-likeness (QED) is 0.219. The van der Waals surface area contributed by atoms with Crippen molar-refractivity contribution in [1.29, 1.82) is 0 Å². The molecule has 0 saturated heterocycles. The highest BCUT2D eigenvalue weighted by atomic mass is 127. The van der Waals surface area contributed by atoms with Gasteiger partial charge in [0.2, 0.25) is 0 Å². The number of aromatic nitrogens is 4. The first kappa shape index (κ1) is 21.9. The Kier molecular flexibility index (Phi) is 8.99. The molecule has 0 unspecified atom stereocenters. The molecule has 3 aromatic rings. The Morgan fingerprint density at radius 3 is 2.61 bits per heavy atom. The molecule has 0 radical (unpaired) electrons. The molecule has 0 fully saturated rings. The van der Waals surface area contributed by atoms with Crippen LogP contribution in [0.3, 0.4) is 0 Å². The Labute approximate surface area is 183 Å². The second kappa shape index (κ2) is 11.5. The van der Waals surface area contributed by atoms with Crippen LogP contribution in [0.25, 0.3) is 0 Å². The van der Waals surface area contributed by atoms with Crippen LogP contribution in [0.5, 0.6) is 0 Å². The highest BCUT2D eigenvalue weighted by molar-refractivity contribution is 14.0. The fraction of sp³-hybridized carbons (Fsp3) is 0.350. The zero-order valence-corrected chi connectivity index (χ0v) is 18.7. The van der Waals surface area contributed by atoms with Gasteiger partial charge in [0, 0.05) is 45.8 Å². The average molecular weight is 493 g/mol. The molecule has 7 nitrogen and oxygen atoms in total. The van der Waals surface area contributed by atoms with E-state index in [4.69, 9.17) is 0 Å². The molecule has 0 aliphatic heterocycles. The Hall–Kier alpha value is -2.36. The van der Waals surface area contributed by atoms with Gasteiger partial charge >= 0.3 is 0 Å². The molecular weight excluding hydrogens is 465 g/mol. The zero-order valence-electron chi connectivity index (χ0n) is 16.4. The van der Waals surface area contributed by atoms with E-state index in [0.717, 1.165) is 38.4 Å². The van der Waals surface area contributed by atoms with Crippen molar-refractivity contribution in [2.24, 2.45) is 12.0 Å². The predicted molar refractivity (Wildman–Crippen MR) is 123 cm³/mol. The van der Waals surface area contributed by atoms with Gasteiger partial charge in [-0.2, -0.15) is 10.2 Å². The fourth-order valence-electron chi connectivity index (χ4n) is 2.95. The molecule has 0 amide bonds. The van der Waals surface area contributed by atoms with Crippen molar-refractivity contribution < 1.29 is 0 Å². The minimum Gasteiger partial charge on any atom is -0.356 e. The number of guanidine groups is 1. The van der Waals surface area contributed by atoms with Crippen molar-refractivity contribution in [3.05, 3.63) is 71.8 Å². The zero-order chi connectivity index (χ0) is 18.9. The Morgan fingerprint density at radius 2 is 1.93 bits per heavy atom. The summed E-state index contributed by atoms with van der Waals surface area (Å²) in [5, 5.41) is 15.3. The number of benzene rings is 1. The number of nitrogens with one attached hydrogen (secondary N) is 2. The highest BCUT2D eigenvalue weighted by Crippen LogP contribution is 2.10. The number of aliphatic imine (C=N–C) groups is 1. The number of rotatable bonds is 8. The molecule has 0 saturated carbocycles. The van der Waals surface area contributed by atoms with Crippen molar-refractivity contribution in [2.75, 3.05) is 13.6 Å². The van der Waals surface area contributed by atoms with Gasteiger partial charge in [0.1, 0.15) is 0 Å². The molecule has 2 aromatic heterocycles. The molecule has 8 heteroatoms. The van der Waals surface area contributed by atoms with E-state index >= 15 is 0 Å². The van der Waals surface area contributed by atoms with Crippen LogP contribution in [0.2, 0.25) is 0 Å². The summed E-state index contributed by atoms with van der Waals surface area (Å²) in [6.07, 6.45) is 9.80. The lowest BCUT2D eigenvalue weighted by molar-refractivity contribution is 0.677. The van der Waals surface area contributed by atoms with E-state index in [1.54, 1.807) is 13.2 Å². The first-order chi connectivity index (χ1) is 13.2. The van der Waals surface area contributed by atoms with Crippen LogP contribution in [0.15, 0.2) is 60.1 Å². The maximum Gasteiger partial charge on any atom is 0.191 e. The highest BCUT2D eigenvalue weighted by Gasteiger charge is 2.05. The molecule has 0 spiro atoms. The van der Waals surface area contributed by atoms with Gasteiger partial charge in [0.15, 0.2) is 5.96 Å². The van der Waals surface area contributed by atoms with Gasteiger partial charge in [-0.1, -0.05) is 24.3 Å². The third-order valence-corrected chi connectivity index (χ3v) is 4.37. The summed E-state index contributed by atoms with van der Waals surface area (Å²) in [5.41, 5.74) is 3.75. The summed E-state index contributed by atoms with van der Waals surface area (Å²) in [4.78, 5) is 4.32. The molecule has 2 heterocycles. The molecule has 0 bridgehead atoms. The van der Waals surface area contributed by atoms with Crippen molar-refractivity contribution in [3.63, 3.8) is 0 Å². The summed E-state index contributed by atoms with van der Waals surface area (Å²) in [6, 6.07) is 10.4. The van der Waals surface area contributed by atoms with E-state index in [0.29, 0.717) is 0 Å². The first-order valence-corrected chi connectivity index (χ1v) is 9.21. The van der Waals surface area contributed by atoms with Gasteiger partial charge in [-0.05, 0) is 35.6 Å². The van der Waals surface area contributed by atoms with E-state index in [1.807, 2.05) is 34.9 Å². The van der Waals surface area contributed by atoms with Crippen molar-refractivity contribution in [1.82, 2.24) is 30.2 Å². The van der Waals surface area contributed by atoms with E-state index < -0.39 is 0 Å². The molecule has 0 atom stereocenters. The maximum atomic E-state index is 4.32. The predicted octanol–water partition coefficient (Wildman–Crippen LogP) is 2.58. The Balaban J connectivity index is 0.00000280. The van der Waals surface area contributed by atoms with Crippen LogP contribution in [-0.2, 0) is 26.6 Å². The van der Waals surface area contributed by atoms with Crippen LogP contribution in [0, 0.1) is 0 Å². The summed E-state index contributed by atoms with van der Waals surface area (Å²) in [5.74, 6) is 0.815. The van der Waals surface area contributed by atoms with Crippen LogP contribution in [0.4, 0.5) is 0 Å². The average Bonchev–Trinajstić information content (AvgIpc) is 3.34. The van der Waals surface area contributed by atoms with Gasteiger partial charge < -0.3 is 10.6 Å². The van der Waals surface area contributed by atoms with Gasteiger partial charge in [0.05, 0.1) is 12.7 Å². The molecule has 28 heavy (non-hydrogen) atoms. The minimum atomic E-state index is 0.